The summed E-state index contributed by atoms with van der Waals surface area (Å²) in [5, 5.41) is 7.12. The van der Waals surface area contributed by atoms with Gasteiger partial charge in [0.2, 0.25) is 0 Å². The van der Waals surface area contributed by atoms with Gasteiger partial charge in [-0.1, -0.05) is 36.4 Å². The number of hydrogen-bond acceptors (Lipinski definition) is 4. The van der Waals surface area contributed by atoms with Crippen LogP contribution in [0.25, 0.3) is 0 Å². The summed E-state index contributed by atoms with van der Waals surface area (Å²) in [4.78, 5) is 18.7. The van der Waals surface area contributed by atoms with E-state index in [4.69, 9.17) is 0 Å². The molecule has 1 aliphatic heterocycles. The Morgan fingerprint density at radius 2 is 1.89 bits per heavy atom. The molecule has 0 aliphatic carbocycles. The predicted octanol–water partition coefficient (Wildman–Crippen LogP) is 2.50. The smallest absolute Gasteiger partial charge is 0.251 e. The molecule has 6 heteroatoms. The van der Waals surface area contributed by atoms with Crippen LogP contribution in [0, 0.1) is 0 Å². The quantitative estimate of drug-likeness (QED) is 0.645. The van der Waals surface area contributed by atoms with Gasteiger partial charge in [-0.3, -0.25) is 9.69 Å². The van der Waals surface area contributed by atoms with Crippen LogP contribution in [0.2, 0.25) is 0 Å². The molecule has 1 aliphatic rings. The lowest BCUT2D eigenvalue weighted by Gasteiger charge is -2.28. The van der Waals surface area contributed by atoms with Gasteiger partial charge in [0.15, 0.2) is 0 Å². The van der Waals surface area contributed by atoms with Crippen LogP contribution in [0.4, 0.5) is 0 Å². The van der Waals surface area contributed by atoms with Crippen molar-refractivity contribution < 1.29 is 4.79 Å². The molecule has 2 aromatic carbocycles. The van der Waals surface area contributed by atoms with Crippen molar-refractivity contribution in [3.8, 4) is 0 Å². The molecule has 3 aromatic rings. The van der Waals surface area contributed by atoms with Crippen LogP contribution in [0.15, 0.2) is 61.2 Å². The van der Waals surface area contributed by atoms with Crippen molar-refractivity contribution in [1.82, 2.24) is 25.0 Å². The summed E-state index contributed by atoms with van der Waals surface area (Å²) in [6, 6.07) is 16.3. The van der Waals surface area contributed by atoms with Crippen molar-refractivity contribution in [2.24, 2.45) is 0 Å². The first kappa shape index (κ1) is 18.4. The molecule has 4 rings (SSSR count). The van der Waals surface area contributed by atoms with Crippen LogP contribution in [0.1, 0.15) is 33.5 Å². The van der Waals surface area contributed by atoms with Crippen molar-refractivity contribution in [2.45, 2.75) is 25.9 Å². The summed E-state index contributed by atoms with van der Waals surface area (Å²) in [7, 11) is 0. The largest absolute Gasteiger partial charge is 0.352 e. The topological polar surface area (TPSA) is 63.1 Å². The van der Waals surface area contributed by atoms with Crippen molar-refractivity contribution in [3.63, 3.8) is 0 Å². The molecule has 0 atom stereocenters. The molecule has 1 aromatic heterocycles. The van der Waals surface area contributed by atoms with Gasteiger partial charge in [-0.15, -0.1) is 0 Å². The number of fused-ring (bicyclic) bond motifs is 1. The fourth-order valence-corrected chi connectivity index (χ4v) is 3.61. The van der Waals surface area contributed by atoms with E-state index < -0.39 is 0 Å². The summed E-state index contributed by atoms with van der Waals surface area (Å²) in [6.07, 6.45) is 5.27. The number of carbonyl (C=O) groups excluding carboxylic acids is 1. The number of carbonyl (C=O) groups is 1. The zero-order valence-corrected chi connectivity index (χ0v) is 15.9. The number of amides is 1. The minimum Gasteiger partial charge on any atom is -0.352 e. The van der Waals surface area contributed by atoms with Crippen LogP contribution in [0.3, 0.4) is 0 Å². The molecule has 0 fully saturated rings. The van der Waals surface area contributed by atoms with Gasteiger partial charge in [-0.2, -0.15) is 5.10 Å². The van der Waals surface area contributed by atoms with E-state index in [1.807, 2.05) is 24.3 Å². The van der Waals surface area contributed by atoms with E-state index in [0.29, 0.717) is 18.7 Å². The number of aromatic nitrogens is 3. The highest BCUT2D eigenvalue weighted by Crippen LogP contribution is 2.18. The van der Waals surface area contributed by atoms with Crippen LogP contribution in [-0.4, -0.2) is 45.2 Å². The summed E-state index contributed by atoms with van der Waals surface area (Å²) >= 11 is 0. The van der Waals surface area contributed by atoms with Gasteiger partial charge < -0.3 is 5.32 Å². The van der Waals surface area contributed by atoms with Crippen molar-refractivity contribution in [1.29, 1.82) is 0 Å². The third-order valence-corrected chi connectivity index (χ3v) is 5.17. The van der Waals surface area contributed by atoms with Gasteiger partial charge in [-0.25, -0.2) is 9.67 Å². The summed E-state index contributed by atoms with van der Waals surface area (Å²) in [6.45, 7) is 4.46. The maximum Gasteiger partial charge on any atom is 0.251 e. The first-order chi connectivity index (χ1) is 13.8. The average molecular weight is 375 g/mol. The number of benzene rings is 2. The van der Waals surface area contributed by atoms with E-state index in [-0.39, 0.29) is 5.91 Å². The van der Waals surface area contributed by atoms with Gasteiger partial charge in [0.05, 0.1) is 6.54 Å². The highest BCUT2D eigenvalue weighted by atomic mass is 16.1. The van der Waals surface area contributed by atoms with Crippen LogP contribution in [0.5, 0.6) is 0 Å². The van der Waals surface area contributed by atoms with Gasteiger partial charge in [0, 0.05) is 31.7 Å². The van der Waals surface area contributed by atoms with Gasteiger partial charge in [0.1, 0.15) is 12.7 Å². The Labute approximate surface area is 165 Å². The Morgan fingerprint density at radius 3 is 2.68 bits per heavy atom. The molecule has 1 amide bonds. The van der Waals surface area contributed by atoms with Crippen molar-refractivity contribution in [2.75, 3.05) is 19.6 Å². The number of nitrogens with zero attached hydrogens (tertiary/aromatic N) is 4. The highest BCUT2D eigenvalue weighted by molar-refractivity contribution is 5.94. The molecule has 28 heavy (non-hydrogen) atoms. The van der Waals surface area contributed by atoms with Crippen LogP contribution >= 0.6 is 0 Å². The van der Waals surface area contributed by atoms with E-state index in [0.717, 1.165) is 38.0 Å². The van der Waals surface area contributed by atoms with E-state index >= 15 is 0 Å². The van der Waals surface area contributed by atoms with E-state index in [1.54, 1.807) is 11.0 Å². The molecule has 0 saturated heterocycles. The molecule has 0 saturated carbocycles. The van der Waals surface area contributed by atoms with Crippen molar-refractivity contribution in [3.05, 3.63) is 83.4 Å². The van der Waals surface area contributed by atoms with Crippen LogP contribution < -0.4 is 5.32 Å². The minimum absolute atomic E-state index is 0.0173. The number of nitrogens with one attached hydrogen (secondary N) is 1. The molecule has 0 radical (unpaired) electrons. The Balaban J connectivity index is 1.19. The van der Waals surface area contributed by atoms with E-state index in [9.17, 15) is 4.79 Å². The first-order valence-electron chi connectivity index (χ1n) is 9.76. The minimum atomic E-state index is -0.0173. The molecule has 6 nitrogen and oxygen atoms in total. The normalized spacial score (nSPS) is 13.9. The lowest BCUT2D eigenvalue weighted by atomic mass is 10.00. The molecule has 144 valence electrons. The molecule has 0 spiro atoms. The zero-order valence-electron chi connectivity index (χ0n) is 15.9. The Bertz CT molecular complexity index is 905. The van der Waals surface area contributed by atoms with E-state index in [2.05, 4.69) is 44.6 Å². The highest BCUT2D eigenvalue weighted by Gasteiger charge is 2.15. The second-order valence-corrected chi connectivity index (χ2v) is 7.19. The standard InChI is InChI=1S/C22H25N5O/c28-22(20-8-6-18(7-9-20)14-27-17-23-16-25-27)24-11-3-12-26-13-10-19-4-1-2-5-21(19)15-26/h1-2,4-9,16-17H,3,10-15H2,(H,24,28). The fourth-order valence-electron chi connectivity index (χ4n) is 3.61. The molecular formula is C22H25N5O. The van der Waals surface area contributed by atoms with Gasteiger partial charge in [-0.05, 0) is 41.7 Å². The first-order valence-corrected chi connectivity index (χ1v) is 9.76. The van der Waals surface area contributed by atoms with E-state index in [1.165, 1.54) is 17.5 Å². The summed E-state index contributed by atoms with van der Waals surface area (Å²) in [5.41, 5.74) is 4.68. The lowest BCUT2D eigenvalue weighted by Crippen LogP contribution is -2.33. The maximum atomic E-state index is 12.3. The Hall–Kier alpha value is -2.99. The van der Waals surface area contributed by atoms with Crippen LogP contribution in [-0.2, 0) is 19.5 Å². The fraction of sp³-hybridized carbons (Fsp3) is 0.318. The average Bonchev–Trinajstić information content (AvgIpc) is 3.24. The molecule has 0 unspecified atom stereocenters. The lowest BCUT2D eigenvalue weighted by molar-refractivity contribution is 0.0951. The molecule has 1 N–H and O–H groups in total. The molecule has 0 bridgehead atoms. The molecule has 2 heterocycles. The third-order valence-electron chi connectivity index (χ3n) is 5.17. The predicted molar refractivity (Wildman–Crippen MR) is 108 cm³/mol. The zero-order chi connectivity index (χ0) is 19.2. The number of rotatable bonds is 7. The summed E-state index contributed by atoms with van der Waals surface area (Å²) in [5.74, 6) is -0.0173. The van der Waals surface area contributed by atoms with Gasteiger partial charge in [0.25, 0.3) is 5.91 Å². The molecular weight excluding hydrogens is 350 g/mol. The SMILES string of the molecule is O=C(NCCCN1CCc2ccccc2C1)c1ccc(Cn2cncn2)cc1. The van der Waals surface area contributed by atoms with Gasteiger partial charge >= 0.3 is 0 Å². The third kappa shape index (κ3) is 4.64. The number of hydrogen-bond donors (Lipinski definition) is 1. The maximum absolute atomic E-state index is 12.3. The monoisotopic (exact) mass is 375 g/mol. The second kappa shape index (κ2) is 8.80. The Morgan fingerprint density at radius 1 is 1.07 bits per heavy atom. The Kier molecular flexibility index (Phi) is 5.77. The van der Waals surface area contributed by atoms with Crippen molar-refractivity contribution >= 4 is 5.91 Å². The summed E-state index contributed by atoms with van der Waals surface area (Å²) < 4.78 is 1.76. The second-order valence-electron chi connectivity index (χ2n) is 7.19.